The summed E-state index contributed by atoms with van der Waals surface area (Å²) in [4.78, 5) is 23.4. The maximum absolute atomic E-state index is 10.8. The molecule has 0 aromatic heterocycles. The number of carboxylic acids is 1. The van der Waals surface area contributed by atoms with Crippen molar-refractivity contribution in [1.82, 2.24) is 5.32 Å². The molecule has 0 unspecified atom stereocenters. The van der Waals surface area contributed by atoms with Gasteiger partial charge >= 0.3 is 5.97 Å². The van der Waals surface area contributed by atoms with Crippen LogP contribution in [0.5, 0.6) is 0 Å². The minimum Gasteiger partial charge on any atom is -0.477 e. The van der Waals surface area contributed by atoms with Gasteiger partial charge in [-0.25, -0.2) is 19.8 Å². The van der Waals surface area contributed by atoms with Gasteiger partial charge in [0.2, 0.25) is 0 Å². The zero-order valence-corrected chi connectivity index (χ0v) is 12.7. The summed E-state index contributed by atoms with van der Waals surface area (Å²) < 4.78 is 0.758. The lowest BCUT2D eigenvalue weighted by Gasteiger charge is -2.14. The molecule has 0 spiro atoms. The van der Waals surface area contributed by atoms with Gasteiger partial charge in [-0.15, -0.1) is 0 Å². The van der Waals surface area contributed by atoms with E-state index in [0.29, 0.717) is 17.4 Å². The van der Waals surface area contributed by atoms with Crippen molar-refractivity contribution in [2.75, 3.05) is 0 Å². The van der Waals surface area contributed by atoms with E-state index >= 15 is 0 Å². The number of thioether (sulfide) groups is 1. The maximum Gasteiger partial charge on any atom is 0.342 e. The Morgan fingerprint density at radius 3 is 2.95 bits per heavy atom. The fourth-order valence-electron chi connectivity index (χ4n) is 1.21. The van der Waals surface area contributed by atoms with Crippen molar-refractivity contribution < 1.29 is 9.90 Å². The number of hydrogen-bond donors (Lipinski definition) is 2. The van der Waals surface area contributed by atoms with Crippen LogP contribution in [0.25, 0.3) is 0 Å². The Hall–Kier alpha value is -1.41. The normalized spacial score (nSPS) is 19.3. The van der Waals surface area contributed by atoms with Crippen LogP contribution in [0.4, 0.5) is 0 Å². The van der Waals surface area contributed by atoms with Gasteiger partial charge in [0, 0.05) is 6.42 Å². The highest BCUT2D eigenvalue weighted by Crippen LogP contribution is 2.18. The number of aliphatic carboxylic acids is 1. The second-order valence-electron chi connectivity index (χ2n) is 3.46. The second-order valence-corrected chi connectivity index (χ2v) is 5.46. The molecule has 0 aliphatic carbocycles. The molecule has 1 aliphatic heterocycles. The predicted molar refractivity (Wildman–Crippen MR) is 83.0 cm³/mol. The molecule has 0 saturated heterocycles. The van der Waals surface area contributed by atoms with E-state index in [-0.39, 0.29) is 11.1 Å². The molecule has 0 bridgehead atoms. The summed E-state index contributed by atoms with van der Waals surface area (Å²) in [6, 6.07) is 0. The van der Waals surface area contributed by atoms with E-state index < -0.39 is 5.97 Å². The van der Waals surface area contributed by atoms with E-state index in [1.54, 1.807) is 6.92 Å². The van der Waals surface area contributed by atoms with Crippen LogP contribution in [-0.4, -0.2) is 32.9 Å². The van der Waals surface area contributed by atoms with Gasteiger partial charge < -0.3 is 10.4 Å². The van der Waals surface area contributed by atoms with Gasteiger partial charge in [-0.3, -0.25) is 0 Å². The highest BCUT2D eigenvalue weighted by atomic mass is 79.9. The Kier molecular flexibility index (Phi) is 5.97. The molecule has 0 amide bonds. The van der Waals surface area contributed by atoms with Crippen LogP contribution in [-0.2, 0) is 4.79 Å². The first-order chi connectivity index (χ1) is 8.92. The van der Waals surface area contributed by atoms with Crippen LogP contribution in [0.3, 0.4) is 0 Å². The molecule has 6 nitrogen and oxygen atoms in total. The molecule has 8 heteroatoms. The molecule has 1 atom stereocenters. The van der Waals surface area contributed by atoms with Gasteiger partial charge in [0.05, 0.1) is 9.53 Å². The third kappa shape index (κ3) is 5.39. The molecule has 0 radical (unpaired) electrons. The molecule has 102 valence electrons. The Labute approximate surface area is 123 Å². The standard InChI is InChI=1S/C11H13BrN4O2S/c1-4-13-11(19-6(2)10(17)18)16-9-5-8(12)14-7(3)15-9/h4,9H,1-2,5H2,3H3,(H,13,16)(H,17,18)/t9-/m0/s1. The Morgan fingerprint density at radius 2 is 2.42 bits per heavy atom. The number of aliphatic imine (C=N–C) groups is 3. The maximum atomic E-state index is 10.8. The van der Waals surface area contributed by atoms with Gasteiger partial charge in [0.25, 0.3) is 0 Å². The van der Waals surface area contributed by atoms with Crippen LogP contribution in [0.1, 0.15) is 13.3 Å². The summed E-state index contributed by atoms with van der Waals surface area (Å²) in [6.45, 7) is 8.73. The number of amidine groups is 2. The fraction of sp³-hybridized carbons (Fsp3) is 0.273. The minimum atomic E-state index is -1.09. The lowest BCUT2D eigenvalue weighted by atomic mass is 10.3. The molecule has 1 aliphatic rings. The molecular weight excluding hydrogens is 332 g/mol. The number of rotatable bonds is 4. The number of carbonyl (C=O) groups is 1. The van der Waals surface area contributed by atoms with E-state index in [1.165, 1.54) is 6.20 Å². The van der Waals surface area contributed by atoms with Crippen LogP contribution < -0.4 is 5.32 Å². The van der Waals surface area contributed by atoms with Crippen LogP contribution in [0, 0.1) is 0 Å². The molecule has 0 saturated carbocycles. The summed E-state index contributed by atoms with van der Waals surface area (Å²) in [6.07, 6.45) is 1.60. The SMILES string of the molecule is C=CN/C(=N\[C@H]1CC(Br)=NC(C)=N1)SC(=C)C(=O)O. The quantitative estimate of drug-likeness (QED) is 0.465. The molecule has 0 aromatic carbocycles. The second kappa shape index (κ2) is 7.25. The van der Waals surface area contributed by atoms with Gasteiger partial charge in [0.1, 0.15) is 5.84 Å². The average Bonchev–Trinajstić information content (AvgIpc) is 2.27. The van der Waals surface area contributed by atoms with Crippen molar-refractivity contribution in [3.8, 4) is 0 Å². The molecule has 0 fully saturated rings. The van der Waals surface area contributed by atoms with E-state index in [1.807, 2.05) is 0 Å². The first-order valence-electron chi connectivity index (χ1n) is 5.25. The summed E-state index contributed by atoms with van der Waals surface area (Å²) >= 11 is 4.24. The van der Waals surface area contributed by atoms with Crippen molar-refractivity contribution in [2.24, 2.45) is 15.0 Å². The van der Waals surface area contributed by atoms with Crippen LogP contribution in [0.2, 0.25) is 0 Å². The summed E-state index contributed by atoms with van der Waals surface area (Å²) in [7, 11) is 0. The number of nitrogens with one attached hydrogen (secondary N) is 1. The number of nitrogens with zero attached hydrogens (tertiary/aromatic N) is 3. The molecule has 2 N–H and O–H groups in total. The van der Waals surface area contributed by atoms with Crippen molar-refractivity contribution in [3.05, 3.63) is 24.3 Å². The molecular formula is C11H13BrN4O2S. The Bertz CT molecular complexity index is 499. The zero-order chi connectivity index (χ0) is 14.4. The van der Waals surface area contributed by atoms with E-state index in [2.05, 4.69) is 49.4 Å². The van der Waals surface area contributed by atoms with Gasteiger partial charge in [-0.2, -0.15) is 0 Å². The van der Waals surface area contributed by atoms with Crippen molar-refractivity contribution in [2.45, 2.75) is 19.5 Å². The highest BCUT2D eigenvalue weighted by molar-refractivity contribution is 9.18. The third-order valence-corrected chi connectivity index (χ3v) is 3.26. The Morgan fingerprint density at radius 1 is 1.74 bits per heavy atom. The summed E-state index contributed by atoms with van der Waals surface area (Å²) in [5.74, 6) is -0.471. The smallest absolute Gasteiger partial charge is 0.342 e. The predicted octanol–water partition coefficient (Wildman–Crippen LogP) is 2.35. The molecule has 1 rings (SSSR count). The van der Waals surface area contributed by atoms with Gasteiger partial charge in [-0.05, 0) is 40.8 Å². The first kappa shape index (κ1) is 15.6. The number of halogens is 1. The number of hydrogen-bond acceptors (Lipinski definition) is 5. The van der Waals surface area contributed by atoms with Crippen LogP contribution >= 0.6 is 27.7 Å². The fourth-order valence-corrected chi connectivity index (χ4v) is 2.40. The van der Waals surface area contributed by atoms with E-state index in [0.717, 1.165) is 16.4 Å². The summed E-state index contributed by atoms with van der Waals surface area (Å²) in [5.41, 5.74) is 0. The Balaban J connectivity index is 2.84. The molecule has 1 heterocycles. The monoisotopic (exact) mass is 344 g/mol. The van der Waals surface area contributed by atoms with E-state index in [9.17, 15) is 4.79 Å². The zero-order valence-electron chi connectivity index (χ0n) is 10.3. The first-order valence-corrected chi connectivity index (χ1v) is 6.86. The van der Waals surface area contributed by atoms with Crippen molar-refractivity contribution in [1.29, 1.82) is 0 Å². The van der Waals surface area contributed by atoms with E-state index in [4.69, 9.17) is 5.11 Å². The minimum absolute atomic E-state index is 0.0302. The van der Waals surface area contributed by atoms with Crippen molar-refractivity contribution in [3.63, 3.8) is 0 Å². The van der Waals surface area contributed by atoms with Crippen molar-refractivity contribution >= 4 is 49.3 Å². The lowest BCUT2D eigenvalue weighted by Crippen LogP contribution is -2.21. The molecule has 19 heavy (non-hydrogen) atoms. The van der Waals surface area contributed by atoms with Gasteiger partial charge in [0.15, 0.2) is 11.3 Å². The summed E-state index contributed by atoms with van der Waals surface area (Å²) in [5, 5.41) is 12.0. The third-order valence-electron chi connectivity index (χ3n) is 1.92. The average molecular weight is 345 g/mol. The topological polar surface area (TPSA) is 86.4 Å². The van der Waals surface area contributed by atoms with Crippen LogP contribution in [0.15, 0.2) is 39.2 Å². The lowest BCUT2D eigenvalue weighted by molar-refractivity contribution is -0.131. The number of carboxylic acid groups (broad SMARTS) is 1. The molecule has 0 aromatic rings. The largest absolute Gasteiger partial charge is 0.477 e. The van der Waals surface area contributed by atoms with Gasteiger partial charge in [-0.1, -0.05) is 13.2 Å². The highest BCUT2D eigenvalue weighted by Gasteiger charge is 2.16.